The van der Waals surface area contributed by atoms with E-state index >= 15 is 0 Å². The summed E-state index contributed by atoms with van der Waals surface area (Å²) in [5.41, 5.74) is 1.63. The Morgan fingerprint density at radius 1 is 0.974 bits per heavy atom. The van der Waals surface area contributed by atoms with Gasteiger partial charge in [-0.1, -0.05) is 42.5 Å². The lowest BCUT2D eigenvalue weighted by Gasteiger charge is -2.33. The van der Waals surface area contributed by atoms with Gasteiger partial charge in [-0.2, -0.15) is 0 Å². The van der Waals surface area contributed by atoms with Crippen molar-refractivity contribution in [3.8, 4) is 11.5 Å². The molecule has 1 heterocycles. The fraction of sp³-hybridized carbons (Fsp3) is 0.286. The van der Waals surface area contributed by atoms with Gasteiger partial charge in [0, 0.05) is 26.1 Å². The Kier molecular flexibility index (Phi) is 8.70. The normalized spacial score (nSPS) is 13.0. The molecule has 9 nitrogen and oxygen atoms in total. The number of hydrogen-bond donors (Lipinski definition) is 1. The van der Waals surface area contributed by atoms with Crippen molar-refractivity contribution in [1.29, 1.82) is 0 Å². The van der Waals surface area contributed by atoms with E-state index in [0.717, 1.165) is 9.87 Å². The van der Waals surface area contributed by atoms with Gasteiger partial charge in [-0.15, -0.1) is 0 Å². The second-order valence-corrected chi connectivity index (χ2v) is 11.1. The van der Waals surface area contributed by atoms with Crippen molar-refractivity contribution in [2.75, 3.05) is 30.4 Å². The second kappa shape index (κ2) is 12.2. The van der Waals surface area contributed by atoms with E-state index < -0.39 is 40.2 Å². The predicted molar refractivity (Wildman–Crippen MR) is 144 cm³/mol. The fourth-order valence-corrected chi connectivity index (χ4v) is 5.32. The lowest BCUT2D eigenvalue weighted by Crippen LogP contribution is -2.53. The molecule has 0 aliphatic carbocycles. The van der Waals surface area contributed by atoms with Gasteiger partial charge in [0.15, 0.2) is 11.5 Å². The van der Waals surface area contributed by atoms with Gasteiger partial charge >= 0.3 is 0 Å². The quantitative estimate of drug-likeness (QED) is 0.390. The Hall–Kier alpha value is -4.12. The number of nitrogens with zero attached hydrogens (tertiary/aromatic N) is 2. The molecule has 0 fully saturated rings. The molecule has 39 heavy (non-hydrogen) atoms. The van der Waals surface area contributed by atoms with Crippen molar-refractivity contribution in [2.24, 2.45) is 0 Å². The number of likely N-dealkylation sites (N-methyl/N-ethyl adjacent to an activating group) is 1. The van der Waals surface area contributed by atoms with Crippen molar-refractivity contribution in [2.45, 2.75) is 25.9 Å². The van der Waals surface area contributed by atoms with Crippen LogP contribution < -0.4 is 19.1 Å². The number of rotatable bonds is 11. The number of carbonyl (C=O) groups excluding carboxylic acids is 2. The van der Waals surface area contributed by atoms with E-state index in [1.807, 2.05) is 30.3 Å². The Balaban J connectivity index is 1.72. The van der Waals surface area contributed by atoms with Crippen LogP contribution in [0.3, 0.4) is 0 Å². The van der Waals surface area contributed by atoms with Crippen LogP contribution >= 0.6 is 0 Å². The lowest BCUT2D eigenvalue weighted by atomic mass is 10.0. The molecule has 4 rings (SSSR count). The number of sulfonamides is 1. The standard InChI is InChI=1S/C28H30FN3O6S/c1-3-39(35,36)32(23-13-14-25-26(16-23)38-19-37-25)18-27(33)31(17-21-9-11-22(29)12-10-21)24(28(34)30-2)15-20-7-5-4-6-8-20/h4-14,16,24H,3,15,17-19H2,1-2H3,(H,30,34)/t24-/m1/s1. The number of nitrogens with one attached hydrogen (secondary N) is 1. The summed E-state index contributed by atoms with van der Waals surface area (Å²) in [7, 11) is -2.44. The minimum absolute atomic E-state index is 0.0109. The summed E-state index contributed by atoms with van der Waals surface area (Å²) in [6, 6.07) is 18.5. The summed E-state index contributed by atoms with van der Waals surface area (Å²) in [6.45, 7) is 0.903. The third-order valence-corrected chi connectivity index (χ3v) is 8.15. The molecule has 206 valence electrons. The van der Waals surface area contributed by atoms with Crippen molar-refractivity contribution in [1.82, 2.24) is 10.2 Å². The average molecular weight is 556 g/mol. The molecular formula is C28H30FN3O6S. The number of benzene rings is 3. The fourth-order valence-electron chi connectivity index (χ4n) is 4.27. The second-order valence-electron chi connectivity index (χ2n) is 8.91. The maximum absolute atomic E-state index is 14.0. The molecule has 2 amide bonds. The summed E-state index contributed by atoms with van der Waals surface area (Å²) in [6.07, 6.45) is 0.192. The smallest absolute Gasteiger partial charge is 0.244 e. The van der Waals surface area contributed by atoms with Gasteiger partial charge in [-0.05, 0) is 42.3 Å². The summed E-state index contributed by atoms with van der Waals surface area (Å²) in [5.74, 6) is -0.867. The van der Waals surface area contributed by atoms with E-state index in [2.05, 4.69) is 5.32 Å². The van der Waals surface area contributed by atoms with E-state index in [0.29, 0.717) is 17.1 Å². The molecule has 1 atom stereocenters. The zero-order chi connectivity index (χ0) is 28.0. The van der Waals surface area contributed by atoms with E-state index in [1.54, 1.807) is 12.1 Å². The van der Waals surface area contributed by atoms with Gasteiger partial charge in [0.05, 0.1) is 11.4 Å². The maximum atomic E-state index is 14.0. The first-order valence-corrected chi connectivity index (χ1v) is 14.0. The number of anilines is 1. The number of amides is 2. The van der Waals surface area contributed by atoms with Crippen molar-refractivity contribution in [3.63, 3.8) is 0 Å². The number of hydrogen-bond acceptors (Lipinski definition) is 6. The van der Waals surface area contributed by atoms with E-state index in [4.69, 9.17) is 9.47 Å². The highest BCUT2D eigenvalue weighted by molar-refractivity contribution is 7.92. The molecule has 0 saturated heterocycles. The molecular weight excluding hydrogens is 525 g/mol. The Morgan fingerprint density at radius 3 is 2.33 bits per heavy atom. The lowest BCUT2D eigenvalue weighted by molar-refractivity contribution is -0.139. The van der Waals surface area contributed by atoms with Crippen molar-refractivity contribution in [3.05, 3.63) is 89.7 Å². The molecule has 0 spiro atoms. The highest BCUT2D eigenvalue weighted by atomic mass is 32.2. The van der Waals surface area contributed by atoms with Crippen LogP contribution in [0.2, 0.25) is 0 Å². The van der Waals surface area contributed by atoms with Gasteiger partial charge in [-0.3, -0.25) is 13.9 Å². The summed E-state index contributed by atoms with van der Waals surface area (Å²) < 4.78 is 51.7. The molecule has 1 N–H and O–H groups in total. The van der Waals surface area contributed by atoms with E-state index in [9.17, 15) is 22.4 Å². The molecule has 1 aliphatic rings. The molecule has 1 aliphatic heterocycles. The molecule has 11 heteroatoms. The Bertz CT molecular complexity index is 1420. The Morgan fingerprint density at radius 2 is 1.67 bits per heavy atom. The Labute approximate surface area is 227 Å². The molecule has 0 saturated carbocycles. The van der Waals surface area contributed by atoms with Gasteiger partial charge < -0.3 is 19.7 Å². The van der Waals surface area contributed by atoms with Crippen molar-refractivity contribution < 1.29 is 31.9 Å². The number of ether oxygens (including phenoxy) is 2. The third kappa shape index (κ3) is 6.66. The summed E-state index contributed by atoms with van der Waals surface area (Å²) in [4.78, 5) is 28.4. The monoisotopic (exact) mass is 555 g/mol. The minimum atomic E-state index is -3.91. The van der Waals surface area contributed by atoms with Crippen LogP contribution in [0.15, 0.2) is 72.8 Å². The summed E-state index contributed by atoms with van der Waals surface area (Å²) >= 11 is 0. The topological polar surface area (TPSA) is 105 Å². The number of halogens is 1. The van der Waals surface area contributed by atoms with Crippen LogP contribution in [-0.4, -0.2) is 57.3 Å². The van der Waals surface area contributed by atoms with E-state index in [-0.39, 0.29) is 31.2 Å². The van der Waals surface area contributed by atoms with Crippen LogP contribution in [0.1, 0.15) is 18.1 Å². The first-order chi connectivity index (χ1) is 18.7. The molecule has 0 bridgehead atoms. The average Bonchev–Trinajstić information content (AvgIpc) is 3.42. The zero-order valence-corrected chi connectivity index (χ0v) is 22.5. The number of carbonyl (C=O) groups is 2. The van der Waals surface area contributed by atoms with Gasteiger partial charge in [0.1, 0.15) is 18.4 Å². The molecule has 3 aromatic carbocycles. The SMILES string of the molecule is CCS(=O)(=O)N(CC(=O)N(Cc1ccc(F)cc1)[C@H](Cc1ccccc1)C(=O)NC)c1ccc2c(c1)OCO2. The number of fused-ring (bicyclic) bond motifs is 1. The van der Waals surface area contributed by atoms with Crippen LogP contribution in [0.25, 0.3) is 0 Å². The van der Waals surface area contributed by atoms with Crippen molar-refractivity contribution >= 4 is 27.5 Å². The van der Waals surface area contributed by atoms with E-state index in [1.165, 1.54) is 49.2 Å². The van der Waals surface area contributed by atoms with Gasteiger partial charge in [0.25, 0.3) is 0 Å². The maximum Gasteiger partial charge on any atom is 0.244 e. The molecule has 0 aromatic heterocycles. The third-order valence-electron chi connectivity index (χ3n) is 6.41. The highest BCUT2D eigenvalue weighted by Gasteiger charge is 2.33. The van der Waals surface area contributed by atoms with Gasteiger partial charge in [0.2, 0.25) is 28.6 Å². The first kappa shape index (κ1) is 27.9. The molecule has 0 unspecified atom stereocenters. The van der Waals surface area contributed by atoms with Crippen LogP contribution in [0.4, 0.5) is 10.1 Å². The first-order valence-electron chi connectivity index (χ1n) is 12.4. The zero-order valence-electron chi connectivity index (χ0n) is 21.7. The van der Waals surface area contributed by atoms with Gasteiger partial charge in [-0.25, -0.2) is 12.8 Å². The van der Waals surface area contributed by atoms with Crippen LogP contribution in [0, 0.1) is 5.82 Å². The highest BCUT2D eigenvalue weighted by Crippen LogP contribution is 2.36. The largest absolute Gasteiger partial charge is 0.454 e. The predicted octanol–water partition coefficient (Wildman–Crippen LogP) is 3.10. The minimum Gasteiger partial charge on any atom is -0.454 e. The van der Waals surface area contributed by atoms with Crippen LogP contribution in [-0.2, 0) is 32.6 Å². The molecule has 0 radical (unpaired) electrons. The summed E-state index contributed by atoms with van der Waals surface area (Å²) in [5, 5.41) is 2.62. The molecule has 3 aromatic rings. The van der Waals surface area contributed by atoms with Crippen LogP contribution in [0.5, 0.6) is 11.5 Å².